The van der Waals surface area contributed by atoms with E-state index in [4.69, 9.17) is 4.74 Å². The van der Waals surface area contributed by atoms with Gasteiger partial charge in [0.1, 0.15) is 5.69 Å². The van der Waals surface area contributed by atoms with E-state index in [1.807, 2.05) is 6.92 Å². The first-order valence-corrected chi connectivity index (χ1v) is 7.73. The van der Waals surface area contributed by atoms with E-state index >= 15 is 0 Å². The van der Waals surface area contributed by atoms with Crippen LogP contribution >= 0.6 is 0 Å². The summed E-state index contributed by atoms with van der Waals surface area (Å²) in [4.78, 5) is 23.3. The van der Waals surface area contributed by atoms with E-state index < -0.39 is 0 Å². The summed E-state index contributed by atoms with van der Waals surface area (Å²) in [5, 5.41) is 2.91. The molecule has 2 saturated heterocycles. The third kappa shape index (κ3) is 3.50. The summed E-state index contributed by atoms with van der Waals surface area (Å²) in [6, 6.07) is 1.74. The molecule has 1 atom stereocenters. The summed E-state index contributed by atoms with van der Waals surface area (Å²) < 4.78 is 5.51. The molecule has 3 heterocycles. The average molecular weight is 290 g/mol. The molecule has 3 rings (SSSR count). The Labute approximate surface area is 124 Å². The summed E-state index contributed by atoms with van der Waals surface area (Å²) in [6.45, 7) is 5.20. The number of nitrogens with one attached hydrogen (secondary N) is 1. The Morgan fingerprint density at radius 2 is 2.19 bits per heavy atom. The molecule has 0 aromatic carbocycles. The van der Waals surface area contributed by atoms with Crippen LogP contribution in [0.3, 0.4) is 0 Å². The maximum atomic E-state index is 12.2. The van der Waals surface area contributed by atoms with Gasteiger partial charge in [-0.05, 0) is 38.7 Å². The molecule has 114 valence electrons. The van der Waals surface area contributed by atoms with Crippen molar-refractivity contribution in [2.75, 3.05) is 31.1 Å². The SMILES string of the molecule is Cc1cc(C(=O)NC[C@@H]2CCCO2)nc(N2CCCC2)n1. The average Bonchev–Trinajstić information content (AvgIpc) is 3.17. The monoisotopic (exact) mass is 290 g/mol. The Balaban J connectivity index is 1.66. The van der Waals surface area contributed by atoms with Crippen molar-refractivity contribution in [3.63, 3.8) is 0 Å². The number of hydrogen-bond donors (Lipinski definition) is 1. The number of carbonyl (C=O) groups is 1. The first kappa shape index (κ1) is 14.3. The van der Waals surface area contributed by atoms with Gasteiger partial charge in [-0.1, -0.05) is 0 Å². The highest BCUT2D eigenvalue weighted by molar-refractivity contribution is 5.92. The van der Waals surface area contributed by atoms with E-state index in [0.717, 1.165) is 51.1 Å². The van der Waals surface area contributed by atoms with Crippen molar-refractivity contribution in [3.05, 3.63) is 17.5 Å². The number of amides is 1. The van der Waals surface area contributed by atoms with Gasteiger partial charge in [0.25, 0.3) is 5.91 Å². The standard InChI is InChI=1S/C15H22N4O2/c1-11-9-13(14(20)16-10-12-5-4-8-21-12)18-15(17-11)19-6-2-3-7-19/h9,12H,2-8,10H2,1H3,(H,16,20)/t12-/m0/s1. The van der Waals surface area contributed by atoms with E-state index in [2.05, 4.69) is 20.2 Å². The van der Waals surface area contributed by atoms with E-state index in [0.29, 0.717) is 18.2 Å². The van der Waals surface area contributed by atoms with Crippen LogP contribution in [0.15, 0.2) is 6.07 Å². The molecule has 6 nitrogen and oxygen atoms in total. The maximum Gasteiger partial charge on any atom is 0.270 e. The Morgan fingerprint density at radius 1 is 1.38 bits per heavy atom. The molecular weight excluding hydrogens is 268 g/mol. The molecule has 2 aliphatic rings. The van der Waals surface area contributed by atoms with Crippen LogP contribution in [-0.2, 0) is 4.74 Å². The highest BCUT2D eigenvalue weighted by Gasteiger charge is 2.20. The van der Waals surface area contributed by atoms with E-state index in [1.165, 1.54) is 0 Å². The molecule has 0 spiro atoms. The predicted octanol–water partition coefficient (Wildman–Crippen LogP) is 1.29. The molecule has 1 N–H and O–H groups in total. The van der Waals surface area contributed by atoms with Crippen LogP contribution in [0, 0.1) is 6.92 Å². The topological polar surface area (TPSA) is 67.3 Å². The van der Waals surface area contributed by atoms with Crippen molar-refractivity contribution in [3.8, 4) is 0 Å². The van der Waals surface area contributed by atoms with E-state index in [1.54, 1.807) is 6.07 Å². The fourth-order valence-corrected chi connectivity index (χ4v) is 2.83. The van der Waals surface area contributed by atoms with Gasteiger partial charge in [-0.25, -0.2) is 9.97 Å². The maximum absolute atomic E-state index is 12.2. The second kappa shape index (κ2) is 6.39. The summed E-state index contributed by atoms with van der Waals surface area (Å²) in [5.41, 5.74) is 1.27. The van der Waals surface area contributed by atoms with Gasteiger partial charge in [-0.15, -0.1) is 0 Å². The Bertz CT molecular complexity index is 508. The number of carbonyl (C=O) groups excluding carboxylic acids is 1. The fourth-order valence-electron chi connectivity index (χ4n) is 2.83. The molecule has 0 bridgehead atoms. The number of anilines is 1. The molecular formula is C15H22N4O2. The zero-order valence-electron chi connectivity index (χ0n) is 12.5. The zero-order chi connectivity index (χ0) is 14.7. The zero-order valence-corrected chi connectivity index (χ0v) is 12.5. The van der Waals surface area contributed by atoms with Crippen LogP contribution < -0.4 is 10.2 Å². The van der Waals surface area contributed by atoms with Crippen molar-refractivity contribution >= 4 is 11.9 Å². The quantitative estimate of drug-likeness (QED) is 0.905. The fraction of sp³-hybridized carbons (Fsp3) is 0.667. The van der Waals surface area contributed by atoms with Crippen LogP contribution in [-0.4, -0.2) is 48.2 Å². The highest BCUT2D eigenvalue weighted by atomic mass is 16.5. The third-order valence-electron chi connectivity index (χ3n) is 3.98. The first-order chi connectivity index (χ1) is 10.2. The molecule has 1 aromatic rings. The molecule has 0 unspecified atom stereocenters. The number of aryl methyl sites for hydroxylation is 1. The van der Waals surface area contributed by atoms with E-state index in [-0.39, 0.29) is 12.0 Å². The number of rotatable bonds is 4. The summed E-state index contributed by atoms with van der Waals surface area (Å²) in [7, 11) is 0. The largest absolute Gasteiger partial charge is 0.376 e. The predicted molar refractivity (Wildman–Crippen MR) is 79.5 cm³/mol. The van der Waals surface area contributed by atoms with Crippen LogP contribution in [0.25, 0.3) is 0 Å². The lowest BCUT2D eigenvalue weighted by molar-refractivity contribution is 0.0853. The summed E-state index contributed by atoms with van der Waals surface area (Å²) in [5.74, 6) is 0.534. The van der Waals surface area contributed by atoms with Gasteiger partial charge in [0.05, 0.1) is 6.10 Å². The van der Waals surface area contributed by atoms with Gasteiger partial charge in [-0.2, -0.15) is 0 Å². The van der Waals surface area contributed by atoms with Crippen molar-refractivity contribution < 1.29 is 9.53 Å². The molecule has 2 fully saturated rings. The second-order valence-electron chi connectivity index (χ2n) is 5.73. The molecule has 1 aromatic heterocycles. The molecule has 0 saturated carbocycles. The lowest BCUT2D eigenvalue weighted by atomic mass is 10.2. The minimum atomic E-state index is -0.142. The lowest BCUT2D eigenvalue weighted by Crippen LogP contribution is -2.33. The van der Waals surface area contributed by atoms with Gasteiger partial charge in [0, 0.05) is 31.9 Å². The number of aromatic nitrogens is 2. The van der Waals surface area contributed by atoms with Crippen molar-refractivity contribution in [1.82, 2.24) is 15.3 Å². The van der Waals surface area contributed by atoms with Gasteiger partial charge in [-0.3, -0.25) is 4.79 Å². The Hall–Kier alpha value is -1.69. The number of nitrogens with zero attached hydrogens (tertiary/aromatic N) is 3. The summed E-state index contributed by atoms with van der Waals surface area (Å²) >= 11 is 0. The number of hydrogen-bond acceptors (Lipinski definition) is 5. The van der Waals surface area contributed by atoms with Gasteiger partial charge in [0.2, 0.25) is 5.95 Å². The van der Waals surface area contributed by atoms with Crippen LogP contribution in [0.1, 0.15) is 41.9 Å². The van der Waals surface area contributed by atoms with Crippen LogP contribution in [0.5, 0.6) is 0 Å². The minimum Gasteiger partial charge on any atom is -0.376 e. The Morgan fingerprint density at radius 3 is 2.90 bits per heavy atom. The Kier molecular flexibility index (Phi) is 4.34. The summed E-state index contributed by atoms with van der Waals surface area (Å²) in [6.07, 6.45) is 4.57. The second-order valence-corrected chi connectivity index (χ2v) is 5.73. The lowest BCUT2D eigenvalue weighted by Gasteiger charge is -2.16. The van der Waals surface area contributed by atoms with Gasteiger partial charge >= 0.3 is 0 Å². The van der Waals surface area contributed by atoms with Crippen molar-refractivity contribution in [1.29, 1.82) is 0 Å². The number of ether oxygens (including phenoxy) is 1. The van der Waals surface area contributed by atoms with Crippen molar-refractivity contribution in [2.45, 2.75) is 38.7 Å². The highest BCUT2D eigenvalue weighted by Crippen LogP contribution is 2.17. The molecule has 1 amide bonds. The molecule has 6 heteroatoms. The molecule has 21 heavy (non-hydrogen) atoms. The minimum absolute atomic E-state index is 0.142. The van der Waals surface area contributed by atoms with Crippen molar-refractivity contribution in [2.24, 2.45) is 0 Å². The van der Waals surface area contributed by atoms with Gasteiger partial charge < -0.3 is 15.0 Å². The normalized spacial score (nSPS) is 21.8. The van der Waals surface area contributed by atoms with Crippen LogP contribution in [0.4, 0.5) is 5.95 Å². The molecule has 0 radical (unpaired) electrons. The molecule has 0 aliphatic carbocycles. The van der Waals surface area contributed by atoms with Gasteiger partial charge in [0.15, 0.2) is 0 Å². The first-order valence-electron chi connectivity index (χ1n) is 7.73. The molecule has 2 aliphatic heterocycles. The van der Waals surface area contributed by atoms with Crippen LogP contribution in [0.2, 0.25) is 0 Å². The van der Waals surface area contributed by atoms with E-state index in [9.17, 15) is 4.79 Å². The third-order valence-corrected chi connectivity index (χ3v) is 3.98. The smallest absolute Gasteiger partial charge is 0.270 e.